The van der Waals surface area contributed by atoms with Crippen LogP contribution in [0.4, 0.5) is 10.1 Å². The molecular weight excluding hydrogens is 373 g/mol. The molecule has 1 heterocycles. The van der Waals surface area contributed by atoms with Crippen LogP contribution in [0.15, 0.2) is 59.9 Å². The molecule has 0 spiro atoms. The number of aromatic nitrogens is 2. The van der Waals surface area contributed by atoms with Crippen LogP contribution in [0.25, 0.3) is 0 Å². The van der Waals surface area contributed by atoms with E-state index in [1.165, 1.54) is 24.0 Å². The lowest BCUT2D eigenvalue weighted by Crippen LogP contribution is -2.15. The minimum absolute atomic E-state index is 0.0826. The van der Waals surface area contributed by atoms with Gasteiger partial charge in [-0.3, -0.25) is 4.79 Å². The predicted octanol–water partition coefficient (Wildman–Crippen LogP) is 5.12. The average molecular weight is 388 g/mol. The molecule has 0 aliphatic heterocycles. The van der Waals surface area contributed by atoms with Crippen LogP contribution in [0, 0.1) is 12.7 Å². The van der Waals surface area contributed by atoms with Crippen LogP contribution in [0.2, 0.25) is 5.02 Å². The third-order valence-corrected chi connectivity index (χ3v) is 4.71. The number of amides is 1. The molecule has 4 nitrogen and oxygen atoms in total. The first-order valence-electron chi connectivity index (χ1n) is 7.79. The standard InChI is InChI=1S/C19H15ClFN3OS/c1-12-5-4-7-14(9-12)23-18(25)17-15(20)10-22-19(24-17)26-11-13-6-2-3-8-16(13)21/h2-10H,11H2,1H3,(H,23,25). The molecule has 1 N–H and O–H groups in total. The van der Waals surface area contributed by atoms with E-state index in [0.29, 0.717) is 22.2 Å². The Labute approximate surface area is 159 Å². The molecule has 1 aromatic heterocycles. The molecule has 0 saturated carbocycles. The molecule has 132 valence electrons. The second kappa shape index (κ2) is 8.29. The number of thioether (sulfide) groups is 1. The highest BCUT2D eigenvalue weighted by Crippen LogP contribution is 2.23. The number of anilines is 1. The summed E-state index contributed by atoms with van der Waals surface area (Å²) < 4.78 is 13.7. The number of rotatable bonds is 5. The van der Waals surface area contributed by atoms with Gasteiger partial charge in [0.15, 0.2) is 10.9 Å². The number of hydrogen-bond acceptors (Lipinski definition) is 4. The van der Waals surface area contributed by atoms with Crippen molar-refractivity contribution in [3.8, 4) is 0 Å². The number of aryl methyl sites for hydroxylation is 1. The Morgan fingerprint density at radius 3 is 2.81 bits per heavy atom. The van der Waals surface area contributed by atoms with E-state index < -0.39 is 5.91 Å². The van der Waals surface area contributed by atoms with E-state index >= 15 is 0 Å². The molecule has 0 aliphatic rings. The highest BCUT2D eigenvalue weighted by atomic mass is 35.5. The lowest BCUT2D eigenvalue weighted by Gasteiger charge is -2.08. The minimum atomic E-state index is -0.421. The van der Waals surface area contributed by atoms with E-state index in [1.807, 2.05) is 25.1 Å². The summed E-state index contributed by atoms with van der Waals surface area (Å²) in [5.41, 5.74) is 2.31. The third-order valence-electron chi connectivity index (χ3n) is 3.53. The molecule has 26 heavy (non-hydrogen) atoms. The molecular formula is C19H15ClFN3OS. The number of nitrogens with zero attached hydrogens (tertiary/aromatic N) is 2. The molecule has 2 aromatic carbocycles. The number of carbonyl (C=O) groups excluding carboxylic acids is 1. The van der Waals surface area contributed by atoms with Gasteiger partial charge in [-0.2, -0.15) is 0 Å². The fourth-order valence-corrected chi connectivity index (χ4v) is 3.23. The SMILES string of the molecule is Cc1cccc(NC(=O)c2nc(SCc3ccccc3F)ncc2Cl)c1. The Bertz CT molecular complexity index is 952. The van der Waals surface area contributed by atoms with Gasteiger partial charge in [-0.15, -0.1) is 0 Å². The monoisotopic (exact) mass is 387 g/mol. The Balaban J connectivity index is 1.74. The highest BCUT2D eigenvalue weighted by molar-refractivity contribution is 7.98. The van der Waals surface area contributed by atoms with E-state index in [4.69, 9.17) is 11.6 Å². The molecule has 0 saturated heterocycles. The van der Waals surface area contributed by atoms with Crippen LogP contribution in [0.3, 0.4) is 0 Å². The van der Waals surface area contributed by atoms with Gasteiger partial charge in [0.05, 0.1) is 11.2 Å². The summed E-state index contributed by atoms with van der Waals surface area (Å²) in [6.07, 6.45) is 1.38. The van der Waals surface area contributed by atoms with Gasteiger partial charge >= 0.3 is 0 Å². The number of hydrogen-bond donors (Lipinski definition) is 1. The van der Waals surface area contributed by atoms with Gasteiger partial charge in [-0.25, -0.2) is 14.4 Å². The van der Waals surface area contributed by atoms with Crippen LogP contribution < -0.4 is 5.32 Å². The first-order valence-corrected chi connectivity index (χ1v) is 9.16. The van der Waals surface area contributed by atoms with E-state index in [1.54, 1.807) is 24.3 Å². The predicted molar refractivity (Wildman–Crippen MR) is 102 cm³/mol. The van der Waals surface area contributed by atoms with Gasteiger partial charge in [-0.1, -0.05) is 53.7 Å². The van der Waals surface area contributed by atoms with Gasteiger partial charge in [0.25, 0.3) is 5.91 Å². The van der Waals surface area contributed by atoms with Crippen molar-refractivity contribution in [3.05, 3.63) is 82.4 Å². The van der Waals surface area contributed by atoms with E-state index in [9.17, 15) is 9.18 Å². The molecule has 0 atom stereocenters. The maximum atomic E-state index is 13.7. The Kier molecular flexibility index (Phi) is 5.85. The summed E-state index contributed by atoms with van der Waals surface area (Å²) in [5.74, 6) is -0.352. The largest absolute Gasteiger partial charge is 0.321 e. The summed E-state index contributed by atoms with van der Waals surface area (Å²) in [4.78, 5) is 20.8. The van der Waals surface area contributed by atoms with Crippen molar-refractivity contribution >= 4 is 35.0 Å². The minimum Gasteiger partial charge on any atom is -0.321 e. The van der Waals surface area contributed by atoms with Crippen molar-refractivity contribution in [2.75, 3.05) is 5.32 Å². The number of benzene rings is 2. The number of carbonyl (C=O) groups is 1. The molecule has 3 rings (SSSR count). The fraction of sp³-hybridized carbons (Fsp3) is 0.105. The van der Waals surface area contributed by atoms with Crippen LogP contribution in [-0.2, 0) is 5.75 Å². The number of nitrogens with one attached hydrogen (secondary N) is 1. The van der Waals surface area contributed by atoms with Crippen molar-refractivity contribution in [2.45, 2.75) is 17.8 Å². The molecule has 1 amide bonds. The van der Waals surface area contributed by atoms with Gasteiger partial charge in [-0.05, 0) is 36.2 Å². The summed E-state index contributed by atoms with van der Waals surface area (Å²) in [6, 6.07) is 13.9. The van der Waals surface area contributed by atoms with E-state index in [2.05, 4.69) is 15.3 Å². The zero-order valence-corrected chi connectivity index (χ0v) is 15.4. The lowest BCUT2D eigenvalue weighted by atomic mass is 10.2. The Morgan fingerprint density at radius 2 is 2.04 bits per heavy atom. The van der Waals surface area contributed by atoms with Gasteiger partial charge < -0.3 is 5.32 Å². The second-order valence-electron chi connectivity index (χ2n) is 5.55. The van der Waals surface area contributed by atoms with Crippen LogP contribution in [0.1, 0.15) is 21.6 Å². The summed E-state index contributed by atoms with van der Waals surface area (Å²) in [7, 11) is 0. The highest BCUT2D eigenvalue weighted by Gasteiger charge is 2.15. The van der Waals surface area contributed by atoms with E-state index in [0.717, 1.165) is 5.56 Å². The van der Waals surface area contributed by atoms with E-state index in [-0.39, 0.29) is 16.5 Å². The van der Waals surface area contributed by atoms with Crippen LogP contribution in [-0.4, -0.2) is 15.9 Å². The first kappa shape index (κ1) is 18.4. The molecule has 0 bridgehead atoms. The zero-order valence-electron chi connectivity index (χ0n) is 13.9. The summed E-state index contributed by atoms with van der Waals surface area (Å²) in [5, 5.41) is 3.28. The van der Waals surface area contributed by atoms with Gasteiger partial charge in [0.2, 0.25) is 0 Å². The normalized spacial score (nSPS) is 10.6. The third kappa shape index (κ3) is 4.59. The molecule has 0 unspecified atom stereocenters. The van der Waals surface area contributed by atoms with Crippen molar-refractivity contribution in [3.63, 3.8) is 0 Å². The summed E-state index contributed by atoms with van der Waals surface area (Å²) in [6.45, 7) is 1.94. The lowest BCUT2D eigenvalue weighted by molar-refractivity contribution is 0.102. The maximum Gasteiger partial charge on any atom is 0.275 e. The first-order chi connectivity index (χ1) is 12.5. The van der Waals surface area contributed by atoms with Crippen molar-refractivity contribution in [2.24, 2.45) is 0 Å². The zero-order chi connectivity index (χ0) is 18.5. The summed E-state index contributed by atoms with van der Waals surface area (Å²) >= 11 is 7.31. The van der Waals surface area contributed by atoms with Gasteiger partial charge in [0.1, 0.15) is 5.82 Å². The Morgan fingerprint density at radius 1 is 1.23 bits per heavy atom. The Hall–Kier alpha value is -2.44. The quantitative estimate of drug-likeness (QED) is 0.487. The van der Waals surface area contributed by atoms with Gasteiger partial charge in [0, 0.05) is 11.4 Å². The smallest absolute Gasteiger partial charge is 0.275 e. The van der Waals surface area contributed by atoms with Crippen molar-refractivity contribution in [1.82, 2.24) is 9.97 Å². The molecule has 7 heteroatoms. The topological polar surface area (TPSA) is 54.9 Å². The molecule has 0 fully saturated rings. The van der Waals surface area contributed by atoms with Crippen LogP contribution in [0.5, 0.6) is 0 Å². The van der Waals surface area contributed by atoms with Crippen molar-refractivity contribution < 1.29 is 9.18 Å². The fourth-order valence-electron chi connectivity index (χ4n) is 2.25. The molecule has 0 aliphatic carbocycles. The maximum absolute atomic E-state index is 13.7. The molecule has 3 aromatic rings. The van der Waals surface area contributed by atoms with Crippen LogP contribution >= 0.6 is 23.4 Å². The number of halogens is 2. The second-order valence-corrected chi connectivity index (χ2v) is 6.90. The molecule has 0 radical (unpaired) electrons. The average Bonchev–Trinajstić information content (AvgIpc) is 2.62. The van der Waals surface area contributed by atoms with Crippen molar-refractivity contribution in [1.29, 1.82) is 0 Å².